The van der Waals surface area contributed by atoms with Crippen molar-refractivity contribution in [1.82, 2.24) is 9.97 Å². The summed E-state index contributed by atoms with van der Waals surface area (Å²) in [5.41, 5.74) is 2.10. The number of imidazole rings is 1. The van der Waals surface area contributed by atoms with E-state index in [1.54, 1.807) is 0 Å². The molecule has 1 aromatic heterocycles. The molecule has 0 radical (unpaired) electrons. The summed E-state index contributed by atoms with van der Waals surface area (Å²) in [6, 6.07) is 8.06. The Labute approximate surface area is 100.0 Å². The highest BCUT2D eigenvalue weighted by Gasteiger charge is 2.30. The molecule has 17 heavy (non-hydrogen) atoms. The van der Waals surface area contributed by atoms with Gasteiger partial charge in [0.15, 0.2) is 5.79 Å². The highest BCUT2D eigenvalue weighted by atomic mass is 16.7. The molecule has 2 aromatic rings. The van der Waals surface area contributed by atoms with Crippen molar-refractivity contribution in [3.63, 3.8) is 0 Å². The number of aromatic amines is 1. The first-order valence-electron chi connectivity index (χ1n) is 5.97. The Morgan fingerprint density at radius 3 is 2.82 bits per heavy atom. The normalized spacial score (nSPS) is 18.9. The van der Waals surface area contributed by atoms with E-state index in [1.807, 2.05) is 31.2 Å². The smallest absolute Gasteiger partial charge is 0.166 e. The largest absolute Gasteiger partial charge is 0.348 e. The van der Waals surface area contributed by atoms with Crippen molar-refractivity contribution in [3.8, 4) is 0 Å². The van der Waals surface area contributed by atoms with E-state index < -0.39 is 5.79 Å². The molecule has 1 aliphatic rings. The molecule has 4 nitrogen and oxygen atoms in total. The molecule has 1 fully saturated rings. The average molecular weight is 232 g/mol. The second kappa shape index (κ2) is 4.13. The van der Waals surface area contributed by atoms with Crippen LogP contribution in [0.2, 0.25) is 0 Å². The predicted molar refractivity (Wildman–Crippen MR) is 64.7 cm³/mol. The Morgan fingerprint density at radius 1 is 1.29 bits per heavy atom. The zero-order chi connectivity index (χ0) is 11.7. The topological polar surface area (TPSA) is 47.1 Å². The van der Waals surface area contributed by atoms with E-state index in [2.05, 4.69) is 9.97 Å². The Morgan fingerprint density at radius 2 is 2.06 bits per heavy atom. The number of nitrogens with zero attached hydrogens (tertiary/aromatic N) is 1. The second-order valence-electron chi connectivity index (χ2n) is 4.53. The first-order valence-corrected chi connectivity index (χ1v) is 5.97. The molecule has 1 aliphatic heterocycles. The Bertz CT molecular complexity index is 482. The summed E-state index contributed by atoms with van der Waals surface area (Å²) in [5, 5.41) is 0. The van der Waals surface area contributed by atoms with E-state index in [0.717, 1.165) is 29.7 Å². The van der Waals surface area contributed by atoms with Crippen LogP contribution in [0.15, 0.2) is 24.3 Å². The number of H-pyrrole nitrogens is 1. The van der Waals surface area contributed by atoms with Gasteiger partial charge >= 0.3 is 0 Å². The van der Waals surface area contributed by atoms with Crippen LogP contribution in [0.5, 0.6) is 0 Å². The highest BCUT2D eigenvalue weighted by Crippen LogP contribution is 2.24. The van der Waals surface area contributed by atoms with E-state index >= 15 is 0 Å². The number of para-hydroxylation sites is 2. The lowest BCUT2D eigenvalue weighted by atomic mass is 10.1. The molecule has 0 unspecified atom stereocenters. The van der Waals surface area contributed by atoms with Crippen LogP contribution in [0.25, 0.3) is 11.0 Å². The van der Waals surface area contributed by atoms with E-state index in [1.165, 1.54) is 0 Å². The molecule has 3 rings (SSSR count). The minimum atomic E-state index is -0.432. The van der Waals surface area contributed by atoms with Crippen LogP contribution >= 0.6 is 0 Å². The maximum Gasteiger partial charge on any atom is 0.166 e. The molecule has 2 heterocycles. The van der Waals surface area contributed by atoms with Crippen LogP contribution in [0.4, 0.5) is 0 Å². The average Bonchev–Trinajstić information content (AvgIpc) is 2.93. The lowest BCUT2D eigenvalue weighted by molar-refractivity contribution is -0.146. The maximum absolute atomic E-state index is 5.57. The van der Waals surface area contributed by atoms with Gasteiger partial charge in [-0.1, -0.05) is 12.1 Å². The summed E-state index contributed by atoms with van der Waals surface area (Å²) < 4.78 is 11.1. The summed E-state index contributed by atoms with van der Waals surface area (Å²) in [5.74, 6) is 0.561. The summed E-state index contributed by atoms with van der Waals surface area (Å²) in [4.78, 5) is 7.85. The molecule has 1 saturated heterocycles. The number of hydrogen-bond donors (Lipinski definition) is 1. The van der Waals surface area contributed by atoms with E-state index in [4.69, 9.17) is 9.47 Å². The van der Waals surface area contributed by atoms with Gasteiger partial charge in [-0.3, -0.25) is 0 Å². The Balaban J connectivity index is 1.72. The second-order valence-corrected chi connectivity index (χ2v) is 4.53. The lowest BCUT2D eigenvalue weighted by Crippen LogP contribution is -2.26. The van der Waals surface area contributed by atoms with Crippen molar-refractivity contribution in [1.29, 1.82) is 0 Å². The molecule has 4 heteroatoms. The van der Waals surface area contributed by atoms with E-state index in [9.17, 15) is 0 Å². The summed E-state index contributed by atoms with van der Waals surface area (Å²) in [7, 11) is 0. The Hall–Kier alpha value is -1.39. The van der Waals surface area contributed by atoms with Crippen LogP contribution in [-0.2, 0) is 15.9 Å². The number of hydrogen-bond acceptors (Lipinski definition) is 3. The fraction of sp³-hybridized carbons (Fsp3) is 0.462. The molecule has 1 aromatic carbocycles. The van der Waals surface area contributed by atoms with Crippen LogP contribution in [0.1, 0.15) is 19.2 Å². The maximum atomic E-state index is 5.57. The monoisotopic (exact) mass is 232 g/mol. The van der Waals surface area contributed by atoms with Crippen LogP contribution < -0.4 is 0 Å². The lowest BCUT2D eigenvalue weighted by Gasteiger charge is -2.21. The summed E-state index contributed by atoms with van der Waals surface area (Å²) in [6.07, 6.45) is 1.66. The van der Waals surface area contributed by atoms with Gasteiger partial charge in [0.1, 0.15) is 5.82 Å². The molecule has 1 N–H and O–H groups in total. The molecule has 0 amide bonds. The minimum absolute atomic E-state index is 0.432. The number of rotatable bonds is 3. The van der Waals surface area contributed by atoms with Crippen molar-refractivity contribution in [2.75, 3.05) is 13.2 Å². The van der Waals surface area contributed by atoms with Gasteiger partial charge in [-0.25, -0.2) is 4.98 Å². The molecule has 0 atom stereocenters. The van der Waals surface area contributed by atoms with E-state index in [0.29, 0.717) is 13.2 Å². The van der Waals surface area contributed by atoms with Crippen molar-refractivity contribution >= 4 is 11.0 Å². The van der Waals surface area contributed by atoms with Gasteiger partial charge in [0.25, 0.3) is 0 Å². The van der Waals surface area contributed by atoms with Crippen LogP contribution in [0.3, 0.4) is 0 Å². The molecule has 0 aliphatic carbocycles. The van der Waals surface area contributed by atoms with Crippen LogP contribution in [-0.4, -0.2) is 29.0 Å². The quantitative estimate of drug-likeness (QED) is 0.883. The standard InChI is InChI=1S/C13H16N2O2/c1-13(16-8-9-17-13)7-6-12-14-10-4-2-3-5-11(10)15-12/h2-5H,6-9H2,1H3,(H,14,15). The number of aryl methyl sites for hydroxylation is 1. The fourth-order valence-electron chi connectivity index (χ4n) is 2.17. The predicted octanol–water partition coefficient (Wildman–Crippen LogP) is 2.26. The first kappa shape index (κ1) is 10.7. The van der Waals surface area contributed by atoms with Crippen molar-refractivity contribution in [3.05, 3.63) is 30.1 Å². The number of ether oxygens (including phenoxy) is 2. The van der Waals surface area contributed by atoms with Gasteiger partial charge in [-0.2, -0.15) is 0 Å². The highest BCUT2D eigenvalue weighted by molar-refractivity contribution is 5.74. The summed E-state index contributed by atoms with van der Waals surface area (Å²) >= 11 is 0. The van der Waals surface area contributed by atoms with Gasteiger partial charge in [-0.15, -0.1) is 0 Å². The van der Waals surface area contributed by atoms with Crippen LogP contribution in [0, 0.1) is 0 Å². The minimum Gasteiger partial charge on any atom is -0.348 e. The third-order valence-corrected chi connectivity index (χ3v) is 3.15. The summed E-state index contributed by atoms with van der Waals surface area (Å²) in [6.45, 7) is 3.37. The molecule has 90 valence electrons. The number of benzene rings is 1. The first-order chi connectivity index (χ1) is 8.25. The van der Waals surface area contributed by atoms with Gasteiger partial charge < -0.3 is 14.5 Å². The molecule has 0 saturated carbocycles. The van der Waals surface area contributed by atoms with Crippen molar-refractivity contribution < 1.29 is 9.47 Å². The zero-order valence-corrected chi connectivity index (χ0v) is 9.90. The van der Waals surface area contributed by atoms with Crippen molar-refractivity contribution in [2.45, 2.75) is 25.6 Å². The zero-order valence-electron chi connectivity index (χ0n) is 9.90. The van der Waals surface area contributed by atoms with Gasteiger partial charge in [0, 0.05) is 12.8 Å². The number of nitrogens with one attached hydrogen (secondary N) is 1. The van der Waals surface area contributed by atoms with Gasteiger partial charge in [0.05, 0.1) is 24.2 Å². The molecule has 0 bridgehead atoms. The fourth-order valence-corrected chi connectivity index (χ4v) is 2.17. The molecular weight excluding hydrogens is 216 g/mol. The van der Waals surface area contributed by atoms with Crippen molar-refractivity contribution in [2.24, 2.45) is 0 Å². The van der Waals surface area contributed by atoms with Gasteiger partial charge in [0.2, 0.25) is 0 Å². The Kier molecular flexibility index (Phi) is 2.61. The molecule has 0 spiro atoms. The molecular formula is C13H16N2O2. The number of aromatic nitrogens is 2. The third kappa shape index (κ3) is 2.18. The van der Waals surface area contributed by atoms with Gasteiger partial charge in [-0.05, 0) is 19.1 Å². The SMILES string of the molecule is CC1(CCc2nc3ccccc3[nH]2)OCCO1. The number of fused-ring (bicyclic) bond motifs is 1. The van der Waals surface area contributed by atoms with E-state index in [-0.39, 0.29) is 0 Å². The third-order valence-electron chi connectivity index (χ3n) is 3.15.